The van der Waals surface area contributed by atoms with E-state index >= 15 is 0 Å². The van der Waals surface area contributed by atoms with Gasteiger partial charge < -0.3 is 5.32 Å². The number of hydrogen-bond acceptors (Lipinski definition) is 3. The molecule has 1 amide bonds. The summed E-state index contributed by atoms with van der Waals surface area (Å²) in [6.07, 6.45) is 1.74. The Hall–Kier alpha value is -2.11. The molecule has 7 heteroatoms. The van der Waals surface area contributed by atoms with E-state index in [1.165, 1.54) is 0 Å². The Morgan fingerprint density at radius 2 is 1.88 bits per heavy atom. The zero-order chi connectivity index (χ0) is 19.0. The molecule has 136 valence electrons. The highest BCUT2D eigenvalue weighted by Gasteiger charge is 2.18. The molecule has 0 spiro atoms. The van der Waals surface area contributed by atoms with Crippen LogP contribution >= 0.6 is 23.2 Å². The van der Waals surface area contributed by atoms with E-state index in [1.54, 1.807) is 18.3 Å². The minimum Gasteiger partial charge on any atom is -0.345 e. The summed E-state index contributed by atoms with van der Waals surface area (Å²) in [6.45, 7) is 7.82. The molecular weight excluding hydrogens is 371 g/mol. The van der Waals surface area contributed by atoms with Gasteiger partial charge >= 0.3 is 0 Å². The molecule has 0 saturated heterocycles. The predicted molar refractivity (Wildman–Crippen MR) is 105 cm³/mol. The van der Waals surface area contributed by atoms with E-state index in [4.69, 9.17) is 23.2 Å². The molecule has 0 aliphatic heterocycles. The molecule has 1 unspecified atom stereocenters. The van der Waals surface area contributed by atoms with Gasteiger partial charge in [-0.05, 0) is 51.5 Å². The van der Waals surface area contributed by atoms with E-state index in [2.05, 4.69) is 15.4 Å². The normalized spacial score (nSPS) is 12.6. The smallest absolute Gasteiger partial charge is 0.253 e. The number of fused-ring (bicyclic) bond motifs is 1. The van der Waals surface area contributed by atoms with Crippen LogP contribution in [0.3, 0.4) is 0 Å². The number of hydrogen-bond donors (Lipinski definition) is 1. The van der Waals surface area contributed by atoms with Gasteiger partial charge in [-0.2, -0.15) is 5.10 Å². The Balaban J connectivity index is 1.87. The van der Waals surface area contributed by atoms with Crippen molar-refractivity contribution in [2.24, 2.45) is 0 Å². The second-order valence-electron chi connectivity index (χ2n) is 6.59. The fraction of sp³-hybridized carbons (Fsp3) is 0.316. The van der Waals surface area contributed by atoms with Crippen molar-refractivity contribution in [1.29, 1.82) is 0 Å². The van der Waals surface area contributed by atoms with Crippen LogP contribution in [0.5, 0.6) is 0 Å². The molecule has 2 aromatic heterocycles. The molecule has 2 heterocycles. The van der Waals surface area contributed by atoms with Crippen LogP contribution in [0.1, 0.15) is 54.5 Å². The molecule has 1 atom stereocenters. The Morgan fingerprint density at radius 3 is 2.54 bits per heavy atom. The number of nitrogens with zero attached hydrogens (tertiary/aromatic N) is 3. The summed E-state index contributed by atoms with van der Waals surface area (Å²) in [5, 5.41) is 9.14. The number of amides is 1. The first kappa shape index (κ1) is 18.7. The number of carbonyl (C=O) groups is 1. The van der Waals surface area contributed by atoms with E-state index in [1.807, 2.05) is 44.5 Å². The highest BCUT2D eigenvalue weighted by atomic mass is 35.5. The third-order valence-electron chi connectivity index (χ3n) is 4.28. The highest BCUT2D eigenvalue weighted by molar-refractivity contribution is 6.42. The summed E-state index contributed by atoms with van der Waals surface area (Å²) in [5.74, 6) is -0.187. The van der Waals surface area contributed by atoms with Crippen LogP contribution in [0, 0.1) is 6.92 Å². The van der Waals surface area contributed by atoms with Gasteiger partial charge in [0.15, 0.2) is 5.65 Å². The van der Waals surface area contributed by atoms with Crippen molar-refractivity contribution in [3.63, 3.8) is 0 Å². The minimum atomic E-state index is -0.217. The van der Waals surface area contributed by atoms with Crippen molar-refractivity contribution >= 4 is 40.1 Å². The summed E-state index contributed by atoms with van der Waals surface area (Å²) < 4.78 is 1.85. The second kappa shape index (κ2) is 7.25. The van der Waals surface area contributed by atoms with Gasteiger partial charge in [-0.1, -0.05) is 29.3 Å². The van der Waals surface area contributed by atoms with E-state index in [0.717, 1.165) is 16.6 Å². The average Bonchev–Trinajstić information content (AvgIpc) is 2.99. The van der Waals surface area contributed by atoms with Crippen molar-refractivity contribution in [3.05, 3.63) is 57.3 Å². The first-order valence-electron chi connectivity index (χ1n) is 8.38. The minimum absolute atomic E-state index is 0.187. The van der Waals surface area contributed by atoms with Gasteiger partial charge in [0.1, 0.15) is 0 Å². The van der Waals surface area contributed by atoms with Crippen LogP contribution in [0.2, 0.25) is 10.0 Å². The van der Waals surface area contributed by atoms with Gasteiger partial charge in [-0.15, -0.1) is 0 Å². The van der Waals surface area contributed by atoms with Crippen LogP contribution in [0.15, 0.2) is 30.5 Å². The van der Waals surface area contributed by atoms with Crippen LogP contribution in [-0.4, -0.2) is 20.7 Å². The maximum Gasteiger partial charge on any atom is 0.253 e. The van der Waals surface area contributed by atoms with Crippen molar-refractivity contribution in [1.82, 2.24) is 20.1 Å². The molecule has 1 aromatic carbocycles. The molecule has 0 saturated carbocycles. The Bertz CT molecular complexity index is 981. The predicted octanol–water partition coefficient (Wildman–Crippen LogP) is 5.12. The van der Waals surface area contributed by atoms with Crippen LogP contribution < -0.4 is 5.32 Å². The Labute approximate surface area is 162 Å². The van der Waals surface area contributed by atoms with Crippen molar-refractivity contribution < 1.29 is 4.79 Å². The fourth-order valence-corrected chi connectivity index (χ4v) is 3.12. The maximum absolute atomic E-state index is 12.7. The maximum atomic E-state index is 12.7. The molecule has 3 aromatic rings. The molecular formula is C19H20Cl2N4O. The number of rotatable bonds is 4. The number of pyridine rings is 1. The first-order valence-corrected chi connectivity index (χ1v) is 9.14. The Morgan fingerprint density at radius 1 is 1.15 bits per heavy atom. The van der Waals surface area contributed by atoms with Crippen LogP contribution in [-0.2, 0) is 0 Å². The molecule has 0 bridgehead atoms. The molecule has 26 heavy (non-hydrogen) atoms. The molecule has 0 aliphatic carbocycles. The summed E-state index contributed by atoms with van der Waals surface area (Å²) in [4.78, 5) is 17.3. The van der Waals surface area contributed by atoms with Gasteiger partial charge in [-0.3, -0.25) is 4.79 Å². The molecule has 0 radical (unpaired) electrons. The topological polar surface area (TPSA) is 59.8 Å². The zero-order valence-corrected chi connectivity index (χ0v) is 16.6. The molecule has 0 aliphatic rings. The van der Waals surface area contributed by atoms with E-state index in [9.17, 15) is 4.79 Å². The lowest BCUT2D eigenvalue weighted by atomic mass is 10.1. The van der Waals surface area contributed by atoms with E-state index < -0.39 is 0 Å². The van der Waals surface area contributed by atoms with Crippen LogP contribution in [0.25, 0.3) is 11.0 Å². The number of nitrogens with one attached hydrogen (secondary N) is 1. The third-order valence-corrected chi connectivity index (χ3v) is 5.02. The zero-order valence-electron chi connectivity index (χ0n) is 15.0. The van der Waals surface area contributed by atoms with Crippen molar-refractivity contribution in [3.8, 4) is 0 Å². The van der Waals surface area contributed by atoms with Crippen molar-refractivity contribution in [2.45, 2.75) is 39.8 Å². The van der Waals surface area contributed by atoms with Gasteiger partial charge in [-0.25, -0.2) is 9.67 Å². The number of benzene rings is 1. The quantitative estimate of drug-likeness (QED) is 0.672. The molecule has 5 nitrogen and oxygen atoms in total. The van der Waals surface area contributed by atoms with Gasteiger partial charge in [0.05, 0.1) is 33.5 Å². The summed E-state index contributed by atoms with van der Waals surface area (Å²) in [6, 6.07) is 7.15. The van der Waals surface area contributed by atoms with Gasteiger partial charge in [0, 0.05) is 11.4 Å². The third kappa shape index (κ3) is 3.55. The van der Waals surface area contributed by atoms with Gasteiger partial charge in [0.25, 0.3) is 5.91 Å². The average molecular weight is 391 g/mol. The summed E-state index contributed by atoms with van der Waals surface area (Å²) in [7, 11) is 0. The lowest BCUT2D eigenvalue weighted by Gasteiger charge is -2.16. The number of aromatic nitrogens is 3. The molecule has 1 N–H and O–H groups in total. The monoisotopic (exact) mass is 390 g/mol. The SMILES string of the molecule is Cc1nc2c(cnn2C(C)C)cc1C(=O)NC(C)c1ccc(Cl)c(Cl)c1. The molecule has 0 fully saturated rings. The summed E-state index contributed by atoms with van der Waals surface area (Å²) in [5.41, 5.74) is 2.87. The first-order chi connectivity index (χ1) is 12.3. The lowest BCUT2D eigenvalue weighted by molar-refractivity contribution is 0.0939. The van der Waals surface area contributed by atoms with E-state index in [-0.39, 0.29) is 18.0 Å². The van der Waals surface area contributed by atoms with Crippen LogP contribution in [0.4, 0.5) is 0 Å². The second-order valence-corrected chi connectivity index (χ2v) is 7.40. The highest BCUT2D eigenvalue weighted by Crippen LogP contribution is 2.26. The number of halogens is 2. The van der Waals surface area contributed by atoms with Crippen molar-refractivity contribution in [2.75, 3.05) is 0 Å². The number of carbonyl (C=O) groups excluding carboxylic acids is 1. The lowest BCUT2D eigenvalue weighted by Crippen LogP contribution is -2.27. The Kier molecular flexibility index (Phi) is 5.21. The fourth-order valence-electron chi connectivity index (χ4n) is 2.81. The van der Waals surface area contributed by atoms with Gasteiger partial charge in [0.2, 0.25) is 0 Å². The summed E-state index contributed by atoms with van der Waals surface area (Å²) >= 11 is 12.0. The number of aryl methyl sites for hydroxylation is 1. The largest absolute Gasteiger partial charge is 0.345 e. The van der Waals surface area contributed by atoms with E-state index in [0.29, 0.717) is 21.3 Å². The molecule has 3 rings (SSSR count). The standard InChI is InChI=1S/C19H20Cl2N4O/c1-10(2)25-18-14(9-22-25)7-15(12(4)23-18)19(26)24-11(3)13-5-6-16(20)17(21)8-13/h5-11H,1-4H3,(H,24,26).